The first-order valence-electron chi connectivity index (χ1n) is 11.0. The number of nitrogens with one attached hydrogen (secondary N) is 1. The summed E-state index contributed by atoms with van der Waals surface area (Å²) < 4.78 is 18.6. The number of carbonyl (C=O) groups is 2. The highest BCUT2D eigenvalue weighted by molar-refractivity contribution is 6.00. The predicted molar refractivity (Wildman–Crippen MR) is 126 cm³/mol. The lowest BCUT2D eigenvalue weighted by Crippen LogP contribution is -2.35. The quantitative estimate of drug-likeness (QED) is 0.496. The van der Waals surface area contributed by atoms with Crippen LogP contribution in [0.3, 0.4) is 0 Å². The van der Waals surface area contributed by atoms with E-state index in [0.29, 0.717) is 42.5 Å². The lowest BCUT2D eigenvalue weighted by molar-refractivity contribution is -0.116. The van der Waals surface area contributed by atoms with Crippen LogP contribution in [0.15, 0.2) is 47.1 Å². The number of anilines is 1. The number of aromatic nitrogens is 1. The molecule has 3 aromatic rings. The summed E-state index contributed by atoms with van der Waals surface area (Å²) in [6.45, 7) is 9.07. The maximum atomic E-state index is 13.0. The zero-order chi connectivity index (χ0) is 24.0. The second kappa shape index (κ2) is 10.8. The summed E-state index contributed by atoms with van der Waals surface area (Å²) in [7, 11) is 1.62. The van der Waals surface area contributed by atoms with Crippen LogP contribution in [0.4, 0.5) is 5.69 Å². The molecular weight excluding hydrogens is 422 g/mol. The molecule has 0 radical (unpaired) electrons. The summed E-state index contributed by atoms with van der Waals surface area (Å²) in [5.41, 5.74) is 2.91. The molecule has 1 aromatic carbocycles. The first kappa shape index (κ1) is 24.0. The number of hydrogen-bond donors (Lipinski definition) is 1. The molecule has 0 unspecified atom stereocenters. The number of furan rings is 1. The summed E-state index contributed by atoms with van der Waals surface area (Å²) in [5, 5.41) is 2.82. The van der Waals surface area contributed by atoms with Crippen LogP contribution in [0.25, 0.3) is 0 Å². The molecule has 2 heterocycles. The number of amides is 2. The highest BCUT2D eigenvalue weighted by atomic mass is 16.5. The van der Waals surface area contributed by atoms with Crippen molar-refractivity contribution in [2.24, 2.45) is 0 Å². The van der Waals surface area contributed by atoms with Gasteiger partial charge in [0.15, 0.2) is 11.5 Å². The van der Waals surface area contributed by atoms with Gasteiger partial charge in [-0.3, -0.25) is 9.59 Å². The van der Waals surface area contributed by atoms with Gasteiger partial charge in [0.2, 0.25) is 5.91 Å². The van der Waals surface area contributed by atoms with E-state index >= 15 is 0 Å². The molecule has 0 spiro atoms. The van der Waals surface area contributed by atoms with Crippen LogP contribution < -0.4 is 14.8 Å². The van der Waals surface area contributed by atoms with Gasteiger partial charge >= 0.3 is 0 Å². The van der Waals surface area contributed by atoms with Gasteiger partial charge in [-0.2, -0.15) is 0 Å². The van der Waals surface area contributed by atoms with Crippen LogP contribution in [0, 0.1) is 13.8 Å². The summed E-state index contributed by atoms with van der Waals surface area (Å²) >= 11 is 0. The predicted octanol–water partition coefficient (Wildman–Crippen LogP) is 4.25. The minimum Gasteiger partial charge on any atom is -0.490 e. The zero-order valence-corrected chi connectivity index (χ0v) is 19.8. The molecule has 33 heavy (non-hydrogen) atoms. The molecule has 2 amide bonds. The molecule has 0 fully saturated rings. The van der Waals surface area contributed by atoms with Crippen LogP contribution in [0.2, 0.25) is 0 Å². The molecule has 3 rings (SSSR count). The van der Waals surface area contributed by atoms with E-state index in [1.807, 2.05) is 50.5 Å². The number of carbonyl (C=O) groups excluding carboxylic acids is 2. The van der Waals surface area contributed by atoms with Crippen LogP contribution in [0.1, 0.15) is 41.4 Å². The molecule has 8 heteroatoms. The molecule has 0 aliphatic heterocycles. The van der Waals surface area contributed by atoms with Crippen LogP contribution in [-0.4, -0.2) is 48.1 Å². The van der Waals surface area contributed by atoms with Crippen molar-refractivity contribution >= 4 is 17.5 Å². The highest BCUT2D eigenvalue weighted by Crippen LogP contribution is 2.30. The third-order valence-electron chi connectivity index (χ3n) is 5.25. The van der Waals surface area contributed by atoms with Gasteiger partial charge in [-0.05, 0) is 58.0 Å². The fraction of sp³-hybridized carbons (Fsp3) is 0.360. The maximum Gasteiger partial charge on any atom is 0.255 e. The van der Waals surface area contributed by atoms with Crippen LogP contribution >= 0.6 is 0 Å². The van der Waals surface area contributed by atoms with Crippen molar-refractivity contribution in [2.45, 2.75) is 34.2 Å². The molecule has 0 atom stereocenters. The summed E-state index contributed by atoms with van der Waals surface area (Å²) in [6, 6.07) is 10.8. The lowest BCUT2D eigenvalue weighted by Gasteiger charge is -2.18. The monoisotopic (exact) mass is 453 g/mol. The Morgan fingerprint density at radius 3 is 2.45 bits per heavy atom. The van der Waals surface area contributed by atoms with Crippen molar-refractivity contribution in [2.75, 3.05) is 32.1 Å². The fourth-order valence-electron chi connectivity index (χ4n) is 3.64. The number of ether oxygens (including phenoxy) is 2. The standard InChI is InChI=1S/C25H31N3O5/c1-6-31-22-11-10-19(14-23(22)32-7-2)26-24(29)16-27(5)25(30)21-13-17(3)28(18(21)4)15-20-9-8-12-33-20/h8-14H,6-7,15-16H2,1-5H3,(H,26,29). The van der Waals surface area contributed by atoms with E-state index in [1.165, 1.54) is 4.90 Å². The third-order valence-corrected chi connectivity index (χ3v) is 5.25. The molecule has 1 N–H and O–H groups in total. The number of likely N-dealkylation sites (N-methyl/N-ethyl adjacent to an activating group) is 1. The van der Waals surface area contributed by atoms with E-state index in [4.69, 9.17) is 13.9 Å². The van der Waals surface area contributed by atoms with Gasteiger partial charge in [0.1, 0.15) is 5.76 Å². The Morgan fingerprint density at radius 1 is 1.06 bits per heavy atom. The van der Waals surface area contributed by atoms with E-state index in [0.717, 1.165) is 17.1 Å². The second-order valence-corrected chi connectivity index (χ2v) is 7.69. The van der Waals surface area contributed by atoms with Crippen molar-refractivity contribution in [1.29, 1.82) is 0 Å². The smallest absolute Gasteiger partial charge is 0.255 e. The number of benzene rings is 1. The number of hydrogen-bond acceptors (Lipinski definition) is 5. The molecule has 176 valence electrons. The van der Waals surface area contributed by atoms with Crippen molar-refractivity contribution in [1.82, 2.24) is 9.47 Å². The molecule has 8 nitrogen and oxygen atoms in total. The summed E-state index contributed by atoms with van der Waals surface area (Å²) in [6.07, 6.45) is 1.63. The highest BCUT2D eigenvalue weighted by Gasteiger charge is 2.21. The Balaban J connectivity index is 1.66. The molecule has 0 aliphatic rings. The van der Waals surface area contributed by atoms with Crippen LogP contribution in [-0.2, 0) is 11.3 Å². The normalized spacial score (nSPS) is 10.7. The van der Waals surface area contributed by atoms with Crippen molar-refractivity contribution < 1.29 is 23.5 Å². The first-order chi connectivity index (χ1) is 15.8. The molecule has 0 aliphatic carbocycles. The van der Waals surface area contributed by atoms with Crippen molar-refractivity contribution in [3.05, 3.63) is 65.4 Å². The van der Waals surface area contributed by atoms with Gasteiger partial charge in [-0.15, -0.1) is 0 Å². The minimum absolute atomic E-state index is 0.0855. The SMILES string of the molecule is CCOc1ccc(NC(=O)CN(C)C(=O)c2cc(C)n(Cc3ccco3)c2C)cc1OCC. The molecule has 0 bridgehead atoms. The van der Waals surface area contributed by atoms with E-state index < -0.39 is 0 Å². The lowest BCUT2D eigenvalue weighted by atomic mass is 10.2. The van der Waals surface area contributed by atoms with Crippen molar-refractivity contribution in [3.63, 3.8) is 0 Å². The summed E-state index contributed by atoms with van der Waals surface area (Å²) in [4.78, 5) is 27.1. The number of rotatable bonds is 10. The Kier molecular flexibility index (Phi) is 7.82. The average molecular weight is 454 g/mol. The maximum absolute atomic E-state index is 13.0. The van der Waals surface area contributed by atoms with E-state index in [2.05, 4.69) is 5.32 Å². The van der Waals surface area contributed by atoms with Gasteiger partial charge in [0.25, 0.3) is 5.91 Å². The Bertz CT molecular complexity index is 1100. The Morgan fingerprint density at radius 2 is 1.79 bits per heavy atom. The van der Waals surface area contributed by atoms with Gasteiger partial charge in [0, 0.05) is 30.2 Å². The minimum atomic E-state index is -0.304. The van der Waals surface area contributed by atoms with E-state index in [1.54, 1.807) is 31.5 Å². The van der Waals surface area contributed by atoms with E-state index in [-0.39, 0.29) is 18.4 Å². The molecule has 0 saturated heterocycles. The van der Waals surface area contributed by atoms with Gasteiger partial charge in [-0.25, -0.2) is 0 Å². The zero-order valence-electron chi connectivity index (χ0n) is 19.8. The Hall–Kier alpha value is -3.68. The molecular formula is C25H31N3O5. The van der Waals surface area contributed by atoms with Crippen molar-refractivity contribution in [3.8, 4) is 11.5 Å². The number of aryl methyl sites for hydroxylation is 1. The largest absolute Gasteiger partial charge is 0.490 e. The number of nitrogens with zero attached hydrogens (tertiary/aromatic N) is 2. The first-order valence-corrected chi connectivity index (χ1v) is 11.0. The Labute approximate surface area is 194 Å². The summed E-state index contributed by atoms with van der Waals surface area (Å²) in [5.74, 6) is 1.47. The fourth-order valence-corrected chi connectivity index (χ4v) is 3.64. The van der Waals surface area contributed by atoms with Crippen LogP contribution in [0.5, 0.6) is 11.5 Å². The van der Waals surface area contributed by atoms with Gasteiger partial charge in [-0.1, -0.05) is 0 Å². The average Bonchev–Trinajstić information content (AvgIpc) is 3.39. The second-order valence-electron chi connectivity index (χ2n) is 7.69. The third kappa shape index (κ3) is 5.77. The topological polar surface area (TPSA) is 85.9 Å². The molecule has 0 saturated carbocycles. The van der Waals surface area contributed by atoms with E-state index in [9.17, 15) is 9.59 Å². The van der Waals surface area contributed by atoms with Gasteiger partial charge in [0.05, 0.1) is 38.1 Å². The molecule has 2 aromatic heterocycles. The van der Waals surface area contributed by atoms with Gasteiger partial charge < -0.3 is 28.7 Å².